The summed E-state index contributed by atoms with van der Waals surface area (Å²) in [4.78, 5) is 0. The highest BCUT2D eigenvalue weighted by Gasteiger charge is 2.47. The number of fused-ring (bicyclic) bond motifs is 1. The van der Waals surface area contributed by atoms with E-state index in [4.69, 9.17) is 5.73 Å². The molecule has 2 aliphatic rings. The Morgan fingerprint density at radius 3 is 2.71 bits per heavy atom. The first-order valence-electron chi connectivity index (χ1n) is 6.94. The molecule has 0 spiro atoms. The first-order chi connectivity index (χ1) is 8.17. The molecule has 17 heavy (non-hydrogen) atoms. The van der Waals surface area contributed by atoms with E-state index < -0.39 is 0 Å². The van der Waals surface area contributed by atoms with Crippen molar-refractivity contribution in [1.82, 2.24) is 9.78 Å². The summed E-state index contributed by atoms with van der Waals surface area (Å²) in [5.41, 5.74) is 8.86. The summed E-state index contributed by atoms with van der Waals surface area (Å²) in [6, 6.07) is 2.55. The first-order valence-corrected chi connectivity index (χ1v) is 6.94. The van der Waals surface area contributed by atoms with E-state index in [2.05, 4.69) is 18.1 Å². The Labute approximate surface area is 103 Å². The van der Waals surface area contributed by atoms with Crippen LogP contribution in [0.2, 0.25) is 0 Å². The van der Waals surface area contributed by atoms with Crippen LogP contribution in [0.5, 0.6) is 0 Å². The summed E-state index contributed by atoms with van der Waals surface area (Å²) >= 11 is 0. The maximum absolute atomic E-state index is 6.37. The molecule has 0 aliphatic heterocycles. The van der Waals surface area contributed by atoms with Crippen molar-refractivity contribution in [3.8, 4) is 0 Å². The van der Waals surface area contributed by atoms with E-state index in [0.717, 1.165) is 30.6 Å². The Bertz CT molecular complexity index is 400. The zero-order valence-electron chi connectivity index (χ0n) is 10.9. The van der Waals surface area contributed by atoms with Crippen LogP contribution in [0.1, 0.15) is 37.6 Å². The fourth-order valence-electron chi connectivity index (χ4n) is 3.45. The van der Waals surface area contributed by atoms with Crippen molar-refractivity contribution < 1.29 is 0 Å². The van der Waals surface area contributed by atoms with Crippen molar-refractivity contribution >= 4 is 0 Å². The van der Waals surface area contributed by atoms with E-state index in [0.29, 0.717) is 6.04 Å². The van der Waals surface area contributed by atoms with Crippen molar-refractivity contribution in [3.05, 3.63) is 17.5 Å². The monoisotopic (exact) mass is 233 g/mol. The average Bonchev–Trinajstić information content (AvgIpc) is 2.76. The highest BCUT2D eigenvalue weighted by Crippen LogP contribution is 2.55. The lowest BCUT2D eigenvalue weighted by Gasteiger charge is -2.20. The standard InChI is InChI=1S/C14H23N3/c1-3-12-7-13(17(2)16-12)8-14(15)11-5-9-4-10(9)6-11/h7,9-11,14H,3-6,8,15H2,1-2H3. The summed E-state index contributed by atoms with van der Waals surface area (Å²) in [5.74, 6) is 2.83. The van der Waals surface area contributed by atoms with Crippen LogP contribution in [0.4, 0.5) is 0 Å². The Hall–Kier alpha value is -0.830. The van der Waals surface area contributed by atoms with E-state index in [1.165, 1.54) is 30.7 Å². The molecule has 3 atom stereocenters. The van der Waals surface area contributed by atoms with Gasteiger partial charge in [-0.3, -0.25) is 4.68 Å². The lowest BCUT2D eigenvalue weighted by Crippen LogP contribution is -2.32. The van der Waals surface area contributed by atoms with E-state index in [1.807, 2.05) is 11.7 Å². The minimum absolute atomic E-state index is 0.336. The number of hydrogen-bond donors (Lipinski definition) is 1. The second kappa shape index (κ2) is 4.13. The van der Waals surface area contributed by atoms with Gasteiger partial charge in [-0.05, 0) is 49.5 Å². The zero-order chi connectivity index (χ0) is 12.0. The number of nitrogens with two attached hydrogens (primary N) is 1. The minimum atomic E-state index is 0.336. The quantitative estimate of drug-likeness (QED) is 0.863. The molecule has 0 radical (unpaired) electrons. The van der Waals surface area contributed by atoms with Gasteiger partial charge in [0.25, 0.3) is 0 Å². The molecule has 1 aromatic heterocycles. The smallest absolute Gasteiger partial charge is 0.0624 e. The van der Waals surface area contributed by atoms with Gasteiger partial charge in [0, 0.05) is 25.2 Å². The van der Waals surface area contributed by atoms with Gasteiger partial charge in [-0.2, -0.15) is 5.10 Å². The molecule has 94 valence electrons. The molecule has 2 fully saturated rings. The Balaban J connectivity index is 1.63. The number of hydrogen-bond acceptors (Lipinski definition) is 2. The third-order valence-electron chi connectivity index (χ3n) is 4.72. The Morgan fingerprint density at radius 2 is 2.12 bits per heavy atom. The van der Waals surface area contributed by atoms with Crippen molar-refractivity contribution in [1.29, 1.82) is 0 Å². The normalized spacial score (nSPS) is 32.5. The third kappa shape index (κ3) is 2.13. The van der Waals surface area contributed by atoms with Crippen molar-refractivity contribution in [3.63, 3.8) is 0 Å². The van der Waals surface area contributed by atoms with Crippen LogP contribution >= 0.6 is 0 Å². The van der Waals surface area contributed by atoms with E-state index in [9.17, 15) is 0 Å². The van der Waals surface area contributed by atoms with Gasteiger partial charge in [-0.15, -0.1) is 0 Å². The van der Waals surface area contributed by atoms with Crippen LogP contribution in [0.25, 0.3) is 0 Å². The lowest BCUT2D eigenvalue weighted by atomic mass is 9.92. The predicted molar refractivity (Wildman–Crippen MR) is 68.6 cm³/mol. The second-order valence-corrected chi connectivity index (χ2v) is 5.96. The molecule has 2 saturated carbocycles. The van der Waals surface area contributed by atoms with E-state index in [-0.39, 0.29) is 0 Å². The van der Waals surface area contributed by atoms with Crippen LogP contribution in [-0.4, -0.2) is 15.8 Å². The SMILES string of the molecule is CCc1cc(CC(N)C2CC3CC3C2)n(C)n1. The predicted octanol–water partition coefficient (Wildman–Crippen LogP) is 1.90. The molecule has 2 N–H and O–H groups in total. The van der Waals surface area contributed by atoms with Gasteiger partial charge < -0.3 is 5.73 Å². The fraction of sp³-hybridized carbons (Fsp3) is 0.786. The summed E-state index contributed by atoms with van der Waals surface area (Å²) in [6.07, 6.45) is 6.24. The molecule has 0 amide bonds. The highest BCUT2D eigenvalue weighted by molar-refractivity contribution is 5.12. The maximum atomic E-state index is 6.37. The topological polar surface area (TPSA) is 43.8 Å². The molecule has 0 aromatic carbocycles. The van der Waals surface area contributed by atoms with Crippen LogP contribution in [0, 0.1) is 17.8 Å². The summed E-state index contributed by atoms with van der Waals surface area (Å²) in [7, 11) is 2.04. The Kier molecular flexibility index (Phi) is 2.74. The van der Waals surface area contributed by atoms with Crippen molar-refractivity contribution in [2.75, 3.05) is 0 Å². The molecular formula is C14H23N3. The van der Waals surface area contributed by atoms with Gasteiger partial charge in [0.15, 0.2) is 0 Å². The van der Waals surface area contributed by atoms with Crippen LogP contribution in [-0.2, 0) is 19.9 Å². The molecule has 3 rings (SSSR count). The van der Waals surface area contributed by atoms with Crippen molar-refractivity contribution in [2.24, 2.45) is 30.5 Å². The van der Waals surface area contributed by atoms with E-state index in [1.54, 1.807) is 0 Å². The highest BCUT2D eigenvalue weighted by atomic mass is 15.3. The minimum Gasteiger partial charge on any atom is -0.327 e. The van der Waals surface area contributed by atoms with Gasteiger partial charge >= 0.3 is 0 Å². The van der Waals surface area contributed by atoms with Crippen LogP contribution in [0.15, 0.2) is 6.07 Å². The van der Waals surface area contributed by atoms with Gasteiger partial charge in [0.2, 0.25) is 0 Å². The molecule has 0 bridgehead atoms. The zero-order valence-corrected chi connectivity index (χ0v) is 10.9. The van der Waals surface area contributed by atoms with Crippen molar-refractivity contribution in [2.45, 2.75) is 45.1 Å². The molecule has 3 unspecified atom stereocenters. The summed E-state index contributed by atoms with van der Waals surface area (Å²) in [6.45, 7) is 2.15. The molecule has 3 heteroatoms. The molecule has 1 aromatic rings. The number of rotatable bonds is 4. The first kappa shape index (κ1) is 11.3. The third-order valence-corrected chi connectivity index (χ3v) is 4.72. The van der Waals surface area contributed by atoms with Gasteiger partial charge in [-0.1, -0.05) is 6.92 Å². The maximum Gasteiger partial charge on any atom is 0.0624 e. The summed E-state index contributed by atoms with van der Waals surface area (Å²) < 4.78 is 2.01. The molecule has 3 nitrogen and oxygen atoms in total. The number of nitrogens with zero attached hydrogens (tertiary/aromatic N) is 2. The molecule has 2 aliphatic carbocycles. The Morgan fingerprint density at radius 1 is 1.41 bits per heavy atom. The molecule has 1 heterocycles. The van der Waals surface area contributed by atoms with E-state index >= 15 is 0 Å². The average molecular weight is 233 g/mol. The van der Waals surface area contributed by atoms with Gasteiger partial charge in [-0.25, -0.2) is 0 Å². The largest absolute Gasteiger partial charge is 0.327 e. The van der Waals surface area contributed by atoms with Gasteiger partial charge in [0.1, 0.15) is 0 Å². The number of aryl methyl sites for hydroxylation is 2. The number of aromatic nitrogens is 2. The summed E-state index contributed by atoms with van der Waals surface area (Å²) in [5, 5.41) is 4.49. The molecular weight excluding hydrogens is 210 g/mol. The van der Waals surface area contributed by atoms with Gasteiger partial charge in [0.05, 0.1) is 5.69 Å². The van der Waals surface area contributed by atoms with Crippen LogP contribution in [0.3, 0.4) is 0 Å². The lowest BCUT2D eigenvalue weighted by molar-refractivity contribution is 0.387. The second-order valence-electron chi connectivity index (χ2n) is 5.96. The fourth-order valence-corrected chi connectivity index (χ4v) is 3.45. The molecule has 0 saturated heterocycles. The van der Waals surface area contributed by atoms with Crippen LogP contribution < -0.4 is 5.73 Å².